The minimum Gasteiger partial charge on any atom is -0.341 e. The fourth-order valence-corrected chi connectivity index (χ4v) is 3.94. The van der Waals surface area contributed by atoms with Gasteiger partial charge in [0.15, 0.2) is 0 Å². The van der Waals surface area contributed by atoms with E-state index in [0.717, 1.165) is 19.6 Å². The second-order valence-electron chi connectivity index (χ2n) is 6.08. The first-order valence-electron chi connectivity index (χ1n) is 7.74. The van der Waals surface area contributed by atoms with Crippen LogP contribution >= 0.6 is 11.8 Å². The quantitative estimate of drug-likeness (QED) is 0.842. The number of carbonyl (C=O) groups excluding carboxylic acids is 1. The zero-order valence-electron chi connectivity index (χ0n) is 12.4. The molecule has 1 N–H and O–H groups in total. The number of rotatable bonds is 5. The van der Waals surface area contributed by atoms with Crippen LogP contribution in [0.1, 0.15) is 51.9 Å². The van der Waals surface area contributed by atoms with Gasteiger partial charge in [-0.1, -0.05) is 19.3 Å². The van der Waals surface area contributed by atoms with Gasteiger partial charge in [-0.3, -0.25) is 4.79 Å². The highest BCUT2D eigenvalue weighted by Gasteiger charge is 2.36. The number of hydrogen-bond acceptors (Lipinski definition) is 3. The van der Waals surface area contributed by atoms with E-state index in [9.17, 15) is 4.79 Å². The first-order valence-corrected chi connectivity index (χ1v) is 8.97. The normalized spacial score (nSPS) is 24.4. The molecule has 1 amide bonds. The molecule has 0 aromatic heterocycles. The Labute approximate surface area is 121 Å². The predicted octanol–water partition coefficient (Wildman–Crippen LogP) is 2.65. The molecule has 0 aromatic carbocycles. The summed E-state index contributed by atoms with van der Waals surface area (Å²) in [7, 11) is 0. The van der Waals surface area contributed by atoms with Crippen molar-refractivity contribution < 1.29 is 4.79 Å². The molecule has 3 nitrogen and oxygen atoms in total. The van der Waals surface area contributed by atoms with Gasteiger partial charge >= 0.3 is 0 Å². The lowest BCUT2D eigenvalue weighted by molar-refractivity contribution is -0.133. The molecular formula is C15H28N2OS. The van der Waals surface area contributed by atoms with Crippen LogP contribution in [0.15, 0.2) is 0 Å². The summed E-state index contributed by atoms with van der Waals surface area (Å²) in [6.07, 6.45) is 11.0. The van der Waals surface area contributed by atoms with Gasteiger partial charge in [0.1, 0.15) is 0 Å². The van der Waals surface area contributed by atoms with E-state index in [2.05, 4.69) is 16.5 Å². The summed E-state index contributed by atoms with van der Waals surface area (Å²) in [6.45, 7) is 4.92. The van der Waals surface area contributed by atoms with Crippen molar-refractivity contribution in [1.29, 1.82) is 0 Å². The van der Waals surface area contributed by atoms with Crippen molar-refractivity contribution in [2.45, 2.75) is 62.7 Å². The van der Waals surface area contributed by atoms with E-state index in [4.69, 9.17) is 0 Å². The number of hydrogen-bond donors (Lipinski definition) is 1. The Kier molecular flexibility index (Phi) is 5.58. The van der Waals surface area contributed by atoms with Crippen molar-refractivity contribution in [2.75, 3.05) is 25.9 Å². The van der Waals surface area contributed by atoms with Crippen LogP contribution in [0.4, 0.5) is 0 Å². The molecule has 1 saturated carbocycles. The fourth-order valence-electron chi connectivity index (χ4n) is 3.02. The second-order valence-corrected chi connectivity index (χ2v) is 7.36. The summed E-state index contributed by atoms with van der Waals surface area (Å²) in [5.41, 5.74) is 0. The standard InChI is InChI=1S/C15H28N2OS/c1-13(16-12-15(19-2)8-7-9-15)14(18)17-10-5-3-4-6-11-17/h13,16H,3-12H2,1-2H3. The van der Waals surface area contributed by atoms with Crippen LogP contribution in [0, 0.1) is 0 Å². The maximum absolute atomic E-state index is 12.4. The Morgan fingerprint density at radius 2 is 1.84 bits per heavy atom. The summed E-state index contributed by atoms with van der Waals surface area (Å²) in [5.74, 6) is 0.303. The molecule has 19 heavy (non-hydrogen) atoms. The first kappa shape index (κ1) is 15.2. The number of likely N-dealkylation sites (tertiary alicyclic amines) is 1. The average Bonchev–Trinajstić information content (AvgIpc) is 2.65. The minimum atomic E-state index is -0.0253. The van der Waals surface area contributed by atoms with Crippen LogP contribution in [0.2, 0.25) is 0 Å². The number of carbonyl (C=O) groups is 1. The molecule has 1 atom stereocenters. The van der Waals surface area contributed by atoms with Crippen LogP contribution < -0.4 is 5.32 Å². The van der Waals surface area contributed by atoms with E-state index in [1.54, 1.807) is 0 Å². The van der Waals surface area contributed by atoms with Crippen molar-refractivity contribution in [3.8, 4) is 0 Å². The Hall–Kier alpha value is -0.220. The lowest BCUT2D eigenvalue weighted by atomic mass is 9.84. The largest absolute Gasteiger partial charge is 0.341 e. The number of thioether (sulfide) groups is 1. The molecule has 2 aliphatic rings. The van der Waals surface area contributed by atoms with Gasteiger partial charge in [0, 0.05) is 24.4 Å². The van der Waals surface area contributed by atoms with Gasteiger partial charge in [-0.25, -0.2) is 0 Å². The molecule has 0 bridgehead atoms. The average molecular weight is 284 g/mol. The predicted molar refractivity (Wildman–Crippen MR) is 82.6 cm³/mol. The van der Waals surface area contributed by atoms with Gasteiger partial charge in [-0.05, 0) is 38.9 Å². The lowest BCUT2D eigenvalue weighted by Crippen LogP contribution is -2.51. The molecule has 110 valence electrons. The van der Waals surface area contributed by atoms with Crippen molar-refractivity contribution in [2.24, 2.45) is 0 Å². The summed E-state index contributed by atoms with van der Waals surface area (Å²) < 4.78 is 0.410. The smallest absolute Gasteiger partial charge is 0.239 e. The van der Waals surface area contributed by atoms with Gasteiger partial charge in [0.25, 0.3) is 0 Å². The van der Waals surface area contributed by atoms with Gasteiger partial charge < -0.3 is 10.2 Å². The molecule has 1 aliphatic heterocycles. The van der Waals surface area contributed by atoms with Crippen LogP contribution in [-0.2, 0) is 4.79 Å². The maximum atomic E-state index is 12.4. The minimum absolute atomic E-state index is 0.0253. The van der Waals surface area contributed by atoms with Gasteiger partial charge in [0.2, 0.25) is 5.91 Å². The van der Waals surface area contributed by atoms with Crippen LogP contribution in [0.25, 0.3) is 0 Å². The third-order valence-corrected chi connectivity index (χ3v) is 6.13. The van der Waals surface area contributed by atoms with Crippen molar-refractivity contribution in [3.05, 3.63) is 0 Å². The summed E-state index contributed by atoms with van der Waals surface area (Å²) in [6, 6.07) is -0.0253. The van der Waals surface area contributed by atoms with Crippen molar-refractivity contribution in [1.82, 2.24) is 10.2 Å². The van der Waals surface area contributed by atoms with Gasteiger partial charge in [-0.2, -0.15) is 11.8 Å². The molecule has 1 unspecified atom stereocenters. The van der Waals surface area contributed by atoms with Crippen molar-refractivity contribution in [3.63, 3.8) is 0 Å². The number of nitrogens with one attached hydrogen (secondary N) is 1. The molecular weight excluding hydrogens is 256 g/mol. The summed E-state index contributed by atoms with van der Waals surface area (Å²) >= 11 is 1.96. The second kappa shape index (κ2) is 6.98. The van der Waals surface area contributed by atoms with Crippen molar-refractivity contribution >= 4 is 17.7 Å². The highest BCUT2D eigenvalue weighted by atomic mass is 32.2. The third kappa shape index (κ3) is 3.88. The van der Waals surface area contributed by atoms with Crippen LogP contribution in [-0.4, -0.2) is 47.5 Å². The molecule has 0 aromatic rings. The van der Waals surface area contributed by atoms with E-state index >= 15 is 0 Å². The molecule has 0 spiro atoms. The van der Waals surface area contributed by atoms with E-state index < -0.39 is 0 Å². The zero-order chi connectivity index (χ0) is 13.7. The van der Waals surface area contributed by atoms with Crippen LogP contribution in [0.3, 0.4) is 0 Å². The monoisotopic (exact) mass is 284 g/mol. The Morgan fingerprint density at radius 1 is 1.21 bits per heavy atom. The molecule has 1 heterocycles. The Morgan fingerprint density at radius 3 is 2.32 bits per heavy atom. The lowest BCUT2D eigenvalue weighted by Gasteiger charge is -2.41. The summed E-state index contributed by atoms with van der Waals surface area (Å²) in [4.78, 5) is 14.5. The molecule has 1 aliphatic carbocycles. The molecule has 4 heteroatoms. The Bertz CT molecular complexity index is 291. The molecule has 1 saturated heterocycles. The zero-order valence-corrected chi connectivity index (χ0v) is 13.2. The first-order chi connectivity index (χ1) is 9.17. The molecule has 2 fully saturated rings. The summed E-state index contributed by atoms with van der Waals surface area (Å²) in [5, 5.41) is 3.48. The topological polar surface area (TPSA) is 32.3 Å². The number of amides is 1. The molecule has 0 radical (unpaired) electrons. The van der Waals surface area contributed by atoms with Crippen LogP contribution in [0.5, 0.6) is 0 Å². The Balaban J connectivity index is 1.78. The van der Waals surface area contributed by atoms with Gasteiger partial charge in [0.05, 0.1) is 6.04 Å². The van der Waals surface area contributed by atoms with Gasteiger partial charge in [-0.15, -0.1) is 0 Å². The highest BCUT2D eigenvalue weighted by molar-refractivity contribution is 8.00. The van der Waals surface area contributed by atoms with E-state index in [1.165, 1.54) is 44.9 Å². The van der Waals surface area contributed by atoms with E-state index in [-0.39, 0.29) is 6.04 Å². The fraction of sp³-hybridized carbons (Fsp3) is 0.933. The SMILES string of the molecule is CSC1(CNC(C)C(=O)N2CCCCCC2)CCC1. The molecule has 2 rings (SSSR count). The van der Waals surface area contributed by atoms with E-state index in [0.29, 0.717) is 10.7 Å². The third-order valence-electron chi connectivity index (χ3n) is 4.72. The highest BCUT2D eigenvalue weighted by Crippen LogP contribution is 2.42. The number of nitrogens with zero attached hydrogens (tertiary/aromatic N) is 1. The van der Waals surface area contributed by atoms with E-state index in [1.807, 2.05) is 18.7 Å². The maximum Gasteiger partial charge on any atom is 0.239 e.